The molecule has 0 radical (unpaired) electrons. The lowest BCUT2D eigenvalue weighted by Crippen LogP contribution is -2.64. The quantitative estimate of drug-likeness (QED) is 0.0146. The summed E-state index contributed by atoms with van der Waals surface area (Å²) in [6.45, 7) is 4.11. The molecule has 0 amide bonds. The number of aliphatic hydroxyl groups is 5. The van der Waals surface area contributed by atoms with Gasteiger partial charge in [0.05, 0.1) is 13.2 Å². The van der Waals surface area contributed by atoms with E-state index in [2.05, 4.69) is 111 Å². The zero-order valence-electron chi connectivity index (χ0n) is 44.7. The third-order valence-electron chi connectivity index (χ3n) is 12.4. The van der Waals surface area contributed by atoms with Gasteiger partial charge in [-0.25, -0.2) is 4.57 Å². The number of phosphoric ester groups is 1. The van der Waals surface area contributed by atoms with E-state index in [0.717, 1.165) is 109 Å². The van der Waals surface area contributed by atoms with Crippen molar-refractivity contribution in [3.63, 3.8) is 0 Å². The summed E-state index contributed by atoms with van der Waals surface area (Å²) in [5, 5.41) is 50.4. The van der Waals surface area contributed by atoms with Gasteiger partial charge in [-0.15, -0.1) is 0 Å². The minimum Gasteiger partial charge on any atom is -0.457 e. The van der Waals surface area contributed by atoms with Gasteiger partial charge in [0.15, 0.2) is 0 Å². The summed E-state index contributed by atoms with van der Waals surface area (Å²) in [4.78, 5) is 23.3. The Morgan fingerprint density at radius 3 is 1.25 bits per heavy atom. The normalized spacial score (nSPS) is 21.4. The minimum absolute atomic E-state index is 0.0946. The molecule has 1 aliphatic carbocycles. The molecule has 1 rings (SSSR count). The summed E-state index contributed by atoms with van der Waals surface area (Å²) in [6.07, 6.45) is 54.6. The van der Waals surface area contributed by atoms with Gasteiger partial charge in [0.25, 0.3) is 0 Å². The second-order valence-corrected chi connectivity index (χ2v) is 20.5. The van der Waals surface area contributed by atoms with Crippen LogP contribution in [0.4, 0.5) is 0 Å². The van der Waals surface area contributed by atoms with E-state index in [-0.39, 0.29) is 13.0 Å². The molecule has 0 aliphatic heterocycles. The number of rotatable bonds is 47. The zero-order valence-corrected chi connectivity index (χ0v) is 45.6. The Balaban J connectivity index is 2.33. The lowest BCUT2D eigenvalue weighted by atomic mass is 9.85. The van der Waals surface area contributed by atoms with Crippen LogP contribution >= 0.6 is 7.82 Å². The van der Waals surface area contributed by atoms with E-state index in [9.17, 15) is 39.8 Å². The van der Waals surface area contributed by atoms with Crippen LogP contribution in [0.1, 0.15) is 206 Å². The zero-order chi connectivity index (χ0) is 52.6. The van der Waals surface area contributed by atoms with Crippen LogP contribution in [0.3, 0.4) is 0 Å². The fourth-order valence-electron chi connectivity index (χ4n) is 8.04. The fraction of sp³-hybridized carbons (Fsp3) is 0.712. The number of hydrogen-bond acceptors (Lipinski definition) is 11. The molecule has 6 unspecified atom stereocenters. The van der Waals surface area contributed by atoms with E-state index in [1.54, 1.807) is 0 Å². The number of esters is 1. The summed E-state index contributed by atoms with van der Waals surface area (Å²) >= 11 is 0. The van der Waals surface area contributed by atoms with Crippen LogP contribution in [0.15, 0.2) is 97.2 Å². The highest BCUT2D eigenvalue weighted by atomic mass is 31.2. The van der Waals surface area contributed by atoms with Crippen LogP contribution in [0.2, 0.25) is 0 Å². The van der Waals surface area contributed by atoms with Gasteiger partial charge in [-0.3, -0.25) is 13.8 Å². The average Bonchev–Trinajstić information content (AvgIpc) is 3.37. The maximum Gasteiger partial charge on any atom is 0.472 e. The standard InChI is InChI=1S/C59H101O12P/c1-3-5-7-9-11-13-15-17-19-21-23-25-26-27-29-31-33-35-37-39-41-43-45-47-49-68-50-52(51-69-72(66,67)71-59-57(64)55(62)54(61)56(63)58(59)65)70-53(60)48-46-44-42-40-38-36-34-32-30-28-24-22-20-18-16-14-12-10-8-6-4-2/h6,8,12,14-15,17-18,20-21,23-24,26-28,32,34,52,54-59,61-65H,3-5,7,9-11,13,16,19,22,25,29-31,33,35-51H2,1-2H3,(H,66,67)/b8-6-,14-12-,17-15-,20-18-,23-21-,27-26-,28-24-,34-32-. The molecule has 6 N–H and O–H groups in total. The molecule has 0 aromatic carbocycles. The predicted octanol–water partition coefficient (Wildman–Crippen LogP) is 13.4. The van der Waals surface area contributed by atoms with Crippen LogP contribution in [-0.4, -0.2) is 98.9 Å². The van der Waals surface area contributed by atoms with E-state index >= 15 is 0 Å². The molecule has 1 aliphatic rings. The van der Waals surface area contributed by atoms with Crippen molar-refractivity contribution in [1.82, 2.24) is 0 Å². The van der Waals surface area contributed by atoms with Gasteiger partial charge < -0.3 is 39.9 Å². The van der Waals surface area contributed by atoms with Gasteiger partial charge in [0.1, 0.15) is 42.7 Å². The molecule has 0 spiro atoms. The molecule has 1 fully saturated rings. The maximum absolute atomic E-state index is 12.9. The third kappa shape index (κ3) is 38.8. The lowest BCUT2D eigenvalue weighted by molar-refractivity contribution is -0.220. The largest absolute Gasteiger partial charge is 0.472 e. The minimum atomic E-state index is -5.04. The van der Waals surface area contributed by atoms with E-state index < -0.39 is 63.1 Å². The van der Waals surface area contributed by atoms with E-state index in [1.165, 1.54) is 70.6 Å². The smallest absolute Gasteiger partial charge is 0.457 e. The first kappa shape index (κ1) is 67.3. The molecular formula is C59H101O12P. The Bertz CT molecular complexity index is 1550. The molecule has 72 heavy (non-hydrogen) atoms. The van der Waals surface area contributed by atoms with Gasteiger partial charge in [0.2, 0.25) is 0 Å². The van der Waals surface area contributed by atoms with Crippen LogP contribution in [0, 0.1) is 0 Å². The Morgan fingerprint density at radius 1 is 0.458 bits per heavy atom. The molecule has 12 nitrogen and oxygen atoms in total. The second-order valence-electron chi connectivity index (χ2n) is 19.0. The average molecular weight is 1030 g/mol. The summed E-state index contributed by atoms with van der Waals surface area (Å²) < 4.78 is 34.4. The van der Waals surface area contributed by atoms with Crippen molar-refractivity contribution < 1.29 is 58.3 Å². The summed E-state index contributed by atoms with van der Waals surface area (Å²) in [6, 6.07) is 0. The molecule has 1 saturated carbocycles. The number of phosphoric acid groups is 1. The van der Waals surface area contributed by atoms with Crippen LogP contribution in [0.5, 0.6) is 0 Å². The first-order chi connectivity index (χ1) is 35.0. The second kappa shape index (κ2) is 47.9. The summed E-state index contributed by atoms with van der Waals surface area (Å²) in [5.74, 6) is -0.500. The van der Waals surface area contributed by atoms with Crippen molar-refractivity contribution in [1.29, 1.82) is 0 Å². The van der Waals surface area contributed by atoms with Gasteiger partial charge in [-0.05, 0) is 96.3 Å². The Kier molecular flexibility index (Phi) is 44.8. The number of allylic oxidation sites excluding steroid dienone is 16. The lowest BCUT2D eigenvalue weighted by Gasteiger charge is -2.41. The molecule has 414 valence electrons. The number of carbonyl (C=O) groups excluding carboxylic acids is 1. The number of ether oxygens (including phenoxy) is 2. The monoisotopic (exact) mass is 1030 g/mol. The Morgan fingerprint density at radius 2 is 0.819 bits per heavy atom. The number of aliphatic hydroxyl groups excluding tert-OH is 5. The van der Waals surface area contributed by atoms with Crippen LogP contribution in [0.25, 0.3) is 0 Å². The fourth-order valence-corrected chi connectivity index (χ4v) is 9.01. The van der Waals surface area contributed by atoms with Gasteiger partial charge in [-0.1, -0.05) is 201 Å². The van der Waals surface area contributed by atoms with Gasteiger partial charge in [-0.2, -0.15) is 0 Å². The Labute approximate surface area is 436 Å². The first-order valence-corrected chi connectivity index (χ1v) is 29.6. The molecule has 0 aromatic heterocycles. The molecule has 0 saturated heterocycles. The van der Waals surface area contributed by atoms with E-state index in [1.807, 2.05) is 0 Å². The molecule has 6 atom stereocenters. The number of carbonyl (C=O) groups is 1. The third-order valence-corrected chi connectivity index (χ3v) is 13.4. The van der Waals surface area contributed by atoms with Crippen molar-refractivity contribution in [3.8, 4) is 0 Å². The highest BCUT2D eigenvalue weighted by Crippen LogP contribution is 2.47. The number of hydrogen-bond donors (Lipinski definition) is 6. The Hall–Kier alpha value is -2.74. The topological polar surface area (TPSA) is 192 Å². The van der Waals surface area contributed by atoms with E-state index in [0.29, 0.717) is 13.0 Å². The predicted molar refractivity (Wildman–Crippen MR) is 294 cm³/mol. The van der Waals surface area contributed by atoms with E-state index in [4.69, 9.17) is 18.5 Å². The van der Waals surface area contributed by atoms with Crippen molar-refractivity contribution in [3.05, 3.63) is 97.2 Å². The summed E-state index contributed by atoms with van der Waals surface area (Å²) in [7, 11) is -5.04. The van der Waals surface area contributed by atoms with Crippen molar-refractivity contribution in [2.75, 3.05) is 19.8 Å². The molecule has 0 heterocycles. The molecule has 0 aromatic rings. The molecule has 13 heteroatoms. The number of unbranched alkanes of at least 4 members (excludes halogenated alkanes) is 19. The first-order valence-electron chi connectivity index (χ1n) is 28.1. The van der Waals surface area contributed by atoms with Gasteiger partial charge in [0, 0.05) is 13.0 Å². The highest BCUT2D eigenvalue weighted by molar-refractivity contribution is 7.47. The van der Waals surface area contributed by atoms with Crippen LogP contribution in [-0.2, 0) is 27.9 Å². The highest BCUT2D eigenvalue weighted by Gasteiger charge is 2.51. The van der Waals surface area contributed by atoms with Crippen molar-refractivity contribution >= 4 is 13.8 Å². The summed E-state index contributed by atoms with van der Waals surface area (Å²) in [5.41, 5.74) is 0. The van der Waals surface area contributed by atoms with Crippen LogP contribution < -0.4 is 0 Å². The van der Waals surface area contributed by atoms with Crippen molar-refractivity contribution in [2.45, 2.75) is 249 Å². The van der Waals surface area contributed by atoms with Crippen molar-refractivity contribution in [2.24, 2.45) is 0 Å². The maximum atomic E-state index is 12.9. The van der Waals surface area contributed by atoms with Gasteiger partial charge >= 0.3 is 13.8 Å². The molecular weight excluding hydrogens is 932 g/mol. The SMILES string of the molecule is CC/C=C\C/C=C\C/C=C\C/C=C\C/C=C\CCCCCCCC(=O)OC(COCCCCCCCCCCC/C=C\C/C=C\C/C=C\CCCCCCC)COP(=O)(O)OC1C(O)C(O)C(O)C(O)C1O. The molecule has 0 bridgehead atoms.